The van der Waals surface area contributed by atoms with Gasteiger partial charge in [-0.15, -0.1) is 6.42 Å². The number of nitrogens with zero attached hydrogens (tertiary/aromatic N) is 1. The Balaban J connectivity index is 1.97. The largest absolute Gasteiger partial charge is 0.300 e. The van der Waals surface area contributed by atoms with Gasteiger partial charge in [0.25, 0.3) is 0 Å². The predicted molar refractivity (Wildman–Crippen MR) is 138 cm³/mol. The van der Waals surface area contributed by atoms with Crippen LogP contribution in [0.25, 0.3) is 17.7 Å². The summed E-state index contributed by atoms with van der Waals surface area (Å²) in [5.74, 6) is 2.70. The second-order valence-corrected chi connectivity index (χ2v) is 7.99. The Hall–Kier alpha value is -4.03. The minimum absolute atomic E-state index is 0.00566. The maximum absolute atomic E-state index is 12.6. The number of rotatable bonds is 8. The lowest BCUT2D eigenvalue weighted by molar-refractivity contribution is -0.111. The number of nitrogens with one attached hydrogen (secondary N) is 1. The average molecular weight is 433 g/mol. The number of hydrogen-bond donors (Lipinski definition) is 1. The van der Waals surface area contributed by atoms with Crippen molar-refractivity contribution >= 4 is 29.2 Å². The molecule has 164 valence electrons. The first-order valence-electron chi connectivity index (χ1n) is 11.0. The molecule has 0 aliphatic rings. The molecule has 0 saturated carbocycles. The van der Waals surface area contributed by atoms with Crippen molar-refractivity contribution < 1.29 is 4.79 Å². The van der Waals surface area contributed by atoms with E-state index in [0.29, 0.717) is 22.4 Å². The Morgan fingerprint density at radius 2 is 1.82 bits per heavy atom. The van der Waals surface area contributed by atoms with Crippen molar-refractivity contribution in [3.63, 3.8) is 0 Å². The number of hydrogen-bond acceptors (Lipinski definition) is 3. The van der Waals surface area contributed by atoms with Crippen molar-refractivity contribution in [3.05, 3.63) is 106 Å². The van der Waals surface area contributed by atoms with Crippen molar-refractivity contribution in [3.8, 4) is 12.3 Å². The van der Waals surface area contributed by atoms with E-state index in [-0.39, 0.29) is 5.78 Å². The van der Waals surface area contributed by atoms with E-state index in [0.717, 1.165) is 35.1 Å². The summed E-state index contributed by atoms with van der Waals surface area (Å²) in [5.41, 5.74) is 7.31. The minimum Gasteiger partial charge on any atom is -0.300 e. The fourth-order valence-electron chi connectivity index (χ4n) is 3.69. The van der Waals surface area contributed by atoms with E-state index < -0.39 is 0 Å². The van der Waals surface area contributed by atoms with Crippen LogP contribution in [-0.2, 0) is 11.2 Å². The van der Waals surface area contributed by atoms with E-state index in [2.05, 4.69) is 36.0 Å². The van der Waals surface area contributed by atoms with Crippen LogP contribution in [0.4, 0.5) is 0 Å². The summed E-state index contributed by atoms with van der Waals surface area (Å²) in [4.78, 5) is 16.6. The lowest BCUT2D eigenvalue weighted by atomic mass is 9.92. The zero-order chi connectivity index (χ0) is 23.8. The molecule has 0 saturated heterocycles. The van der Waals surface area contributed by atoms with Gasteiger partial charge in [-0.25, -0.2) is 0 Å². The van der Waals surface area contributed by atoms with Gasteiger partial charge in [0.05, 0.1) is 5.71 Å². The summed E-state index contributed by atoms with van der Waals surface area (Å²) >= 11 is 0. The van der Waals surface area contributed by atoms with Crippen LogP contribution in [0, 0.1) is 24.7 Å². The number of terminal acetylenes is 1. The van der Waals surface area contributed by atoms with Gasteiger partial charge >= 0.3 is 0 Å². The highest BCUT2D eigenvalue weighted by atomic mass is 16.1. The van der Waals surface area contributed by atoms with Crippen molar-refractivity contribution in [2.45, 2.75) is 33.6 Å². The highest BCUT2D eigenvalue weighted by molar-refractivity contribution is 6.24. The maximum Gasteiger partial charge on any atom is 0.160 e. The van der Waals surface area contributed by atoms with E-state index >= 15 is 0 Å². The van der Waals surface area contributed by atoms with Crippen LogP contribution in [0.2, 0.25) is 0 Å². The van der Waals surface area contributed by atoms with Crippen LogP contribution in [0.5, 0.6) is 0 Å². The quantitative estimate of drug-likeness (QED) is 0.190. The molecule has 2 aromatic carbocycles. The Morgan fingerprint density at radius 3 is 2.48 bits per heavy atom. The summed E-state index contributed by atoms with van der Waals surface area (Å²) in [6.45, 7) is 5.76. The minimum atomic E-state index is 0.00566. The molecule has 3 heteroatoms. The molecule has 0 spiro atoms. The van der Waals surface area contributed by atoms with Crippen LogP contribution in [0.15, 0.2) is 67.0 Å². The van der Waals surface area contributed by atoms with Crippen LogP contribution in [-0.4, -0.2) is 16.5 Å². The van der Waals surface area contributed by atoms with Gasteiger partial charge in [-0.05, 0) is 78.4 Å². The Kier molecular flexibility index (Phi) is 7.89. The summed E-state index contributed by atoms with van der Waals surface area (Å²) in [7, 11) is 0. The third-order valence-corrected chi connectivity index (χ3v) is 5.46. The molecule has 1 heterocycles. The van der Waals surface area contributed by atoms with Gasteiger partial charge in [0.2, 0.25) is 0 Å². The first-order valence-corrected chi connectivity index (χ1v) is 11.0. The normalized spacial score (nSPS) is 11.4. The zero-order valence-corrected chi connectivity index (χ0v) is 19.4. The molecular formula is C30H28N2O. The van der Waals surface area contributed by atoms with E-state index in [1.807, 2.05) is 49.4 Å². The Morgan fingerprint density at radius 1 is 1.06 bits per heavy atom. The molecule has 0 amide bonds. The van der Waals surface area contributed by atoms with Crippen LogP contribution in [0.3, 0.4) is 0 Å². The molecular weight excluding hydrogens is 404 g/mol. The average Bonchev–Trinajstić information content (AvgIpc) is 2.83. The van der Waals surface area contributed by atoms with Gasteiger partial charge in [0.15, 0.2) is 5.78 Å². The maximum atomic E-state index is 12.6. The number of ketones is 1. The SMILES string of the molecule is C#Cc1cc(/C=C(/C(C)=O)c2cc(CCC)ccc2C)ccc1C(=N)/C=C/c1ccncc1. The van der Waals surface area contributed by atoms with Crippen molar-refractivity contribution in [2.75, 3.05) is 0 Å². The van der Waals surface area contributed by atoms with Crippen molar-refractivity contribution in [1.29, 1.82) is 5.41 Å². The van der Waals surface area contributed by atoms with E-state index in [9.17, 15) is 4.79 Å². The molecule has 33 heavy (non-hydrogen) atoms. The lowest BCUT2D eigenvalue weighted by Crippen LogP contribution is -2.01. The number of benzene rings is 2. The number of pyridine rings is 1. The number of aromatic nitrogens is 1. The second-order valence-electron chi connectivity index (χ2n) is 7.99. The Bertz CT molecular complexity index is 1270. The zero-order valence-electron chi connectivity index (χ0n) is 19.4. The predicted octanol–water partition coefficient (Wildman–Crippen LogP) is 6.53. The van der Waals surface area contributed by atoms with E-state index in [4.69, 9.17) is 11.8 Å². The molecule has 0 aliphatic carbocycles. The molecule has 3 nitrogen and oxygen atoms in total. The fraction of sp³-hybridized carbons (Fsp3) is 0.167. The summed E-state index contributed by atoms with van der Waals surface area (Å²) in [6, 6.07) is 15.7. The van der Waals surface area contributed by atoms with Gasteiger partial charge < -0.3 is 5.41 Å². The standard InChI is InChI=1S/C30H28N2O/c1-5-7-24-9-8-21(3)28(19-24)29(22(4)33)20-25-10-12-27(26(6-2)18-25)30(31)13-11-23-14-16-32-17-15-23/h2,8-20,31H,5,7H2,1,3-4H3/b13-11+,29-20-,31-30?. The third-order valence-electron chi connectivity index (χ3n) is 5.46. The lowest BCUT2D eigenvalue weighted by Gasteiger charge is -2.12. The van der Waals surface area contributed by atoms with E-state index in [1.165, 1.54) is 5.56 Å². The van der Waals surface area contributed by atoms with E-state index in [1.54, 1.807) is 25.4 Å². The number of carbonyl (C=O) groups is 1. The number of allylic oxidation sites excluding steroid dienone is 2. The molecule has 0 fully saturated rings. The van der Waals surface area contributed by atoms with Gasteiger partial charge in [-0.1, -0.05) is 55.7 Å². The van der Waals surface area contributed by atoms with Crippen molar-refractivity contribution in [2.24, 2.45) is 0 Å². The number of carbonyl (C=O) groups excluding carboxylic acids is 1. The first-order chi connectivity index (χ1) is 15.9. The monoisotopic (exact) mass is 432 g/mol. The van der Waals surface area contributed by atoms with Crippen LogP contribution < -0.4 is 0 Å². The summed E-state index contributed by atoms with van der Waals surface area (Å²) in [5, 5.41) is 8.46. The number of Topliss-reactive ketones (excluding diaryl/α,β-unsaturated/α-hetero) is 1. The molecule has 0 atom stereocenters. The van der Waals surface area contributed by atoms with Gasteiger partial charge in [0, 0.05) is 29.1 Å². The van der Waals surface area contributed by atoms with Crippen LogP contribution >= 0.6 is 0 Å². The molecule has 3 aromatic rings. The highest BCUT2D eigenvalue weighted by Gasteiger charge is 2.12. The van der Waals surface area contributed by atoms with Crippen molar-refractivity contribution in [1.82, 2.24) is 4.98 Å². The van der Waals surface area contributed by atoms with Gasteiger partial charge in [-0.3, -0.25) is 9.78 Å². The molecule has 3 rings (SSSR count). The highest BCUT2D eigenvalue weighted by Crippen LogP contribution is 2.25. The number of aryl methyl sites for hydroxylation is 2. The molecule has 0 bridgehead atoms. The third kappa shape index (κ3) is 6.02. The smallest absolute Gasteiger partial charge is 0.160 e. The van der Waals surface area contributed by atoms with Crippen LogP contribution in [0.1, 0.15) is 59.2 Å². The molecule has 1 N–H and O–H groups in total. The summed E-state index contributed by atoms with van der Waals surface area (Å²) < 4.78 is 0. The second kappa shape index (κ2) is 11.0. The first kappa shape index (κ1) is 23.6. The molecule has 0 unspecified atom stereocenters. The molecule has 1 aromatic heterocycles. The topological polar surface area (TPSA) is 53.8 Å². The molecule has 0 radical (unpaired) electrons. The van der Waals surface area contributed by atoms with Gasteiger partial charge in [-0.2, -0.15) is 0 Å². The molecule has 0 aliphatic heterocycles. The summed E-state index contributed by atoms with van der Waals surface area (Å²) in [6.07, 6.45) is 16.7. The fourth-order valence-corrected chi connectivity index (χ4v) is 3.69. The van der Waals surface area contributed by atoms with Gasteiger partial charge in [0.1, 0.15) is 0 Å². The Labute approximate surface area is 196 Å².